The van der Waals surface area contributed by atoms with Crippen LogP contribution in [0.4, 0.5) is 11.4 Å². The summed E-state index contributed by atoms with van der Waals surface area (Å²) in [6.45, 7) is 0. The summed E-state index contributed by atoms with van der Waals surface area (Å²) in [6.07, 6.45) is 16.6. The lowest BCUT2D eigenvalue weighted by atomic mass is 9.98. The Morgan fingerprint density at radius 3 is 1.44 bits per heavy atom. The van der Waals surface area contributed by atoms with Gasteiger partial charge in [0.05, 0.1) is 48.9 Å². The van der Waals surface area contributed by atoms with Crippen LogP contribution in [0.1, 0.15) is 89.6 Å². The second kappa shape index (κ2) is 20.9. The predicted octanol–water partition coefficient (Wildman–Crippen LogP) is 9.12. The highest BCUT2D eigenvalue weighted by molar-refractivity contribution is 6.07. The maximum atomic E-state index is 12.2. The highest BCUT2D eigenvalue weighted by atomic mass is 16.5. The number of anilines is 2. The molecule has 298 valence electrons. The van der Waals surface area contributed by atoms with Crippen molar-refractivity contribution < 1.29 is 48.3 Å². The number of nitrogens with one attached hydrogen (secondary N) is 2. The molecule has 0 radical (unpaired) electrons. The second-order valence-electron chi connectivity index (χ2n) is 13.6. The lowest BCUT2D eigenvalue weighted by Crippen LogP contribution is -2.19. The molecule has 0 atom stereocenters. The third-order valence-corrected chi connectivity index (χ3v) is 9.50. The molecular weight excluding hydrogens is 728 g/mol. The van der Waals surface area contributed by atoms with Gasteiger partial charge in [-0.2, -0.15) is 0 Å². The Balaban J connectivity index is 0.000000218. The molecule has 12 nitrogen and oxygen atoms in total. The van der Waals surface area contributed by atoms with E-state index in [1.165, 1.54) is 56.4 Å². The molecule has 2 aliphatic carbocycles. The number of rotatable bonds is 14. The molecule has 4 aromatic carbocycles. The molecule has 0 aromatic heterocycles. The predicted molar refractivity (Wildman–Crippen MR) is 219 cm³/mol. The molecule has 0 bridgehead atoms. The lowest BCUT2D eigenvalue weighted by Gasteiger charge is -2.24. The molecule has 0 unspecified atom stereocenters. The molecule has 4 N–H and O–H groups in total. The number of carboxylic acid groups (broad SMARTS) is 2. The Kier molecular flexibility index (Phi) is 15.3. The fourth-order valence-electron chi connectivity index (χ4n) is 6.57. The molecule has 57 heavy (non-hydrogen) atoms. The van der Waals surface area contributed by atoms with Gasteiger partial charge in [0.25, 0.3) is 0 Å². The number of amides is 2. The number of aromatic carboxylic acids is 2. The van der Waals surface area contributed by atoms with Crippen LogP contribution < -0.4 is 29.6 Å². The molecule has 0 saturated heterocycles. The number of carboxylic acids is 2. The molecule has 2 aliphatic rings. The minimum atomic E-state index is -1.09. The fraction of sp³-hybridized carbons (Fsp3) is 0.289. The van der Waals surface area contributed by atoms with Crippen molar-refractivity contribution in [2.45, 2.75) is 70.0 Å². The first-order valence-electron chi connectivity index (χ1n) is 19.0. The van der Waals surface area contributed by atoms with E-state index in [0.29, 0.717) is 23.0 Å². The monoisotopic (exact) mass is 776 g/mol. The third-order valence-electron chi connectivity index (χ3n) is 9.50. The molecule has 6 rings (SSSR count). The number of para-hydroxylation sites is 2. The van der Waals surface area contributed by atoms with E-state index in [4.69, 9.17) is 18.9 Å². The minimum absolute atomic E-state index is 0.0418. The van der Waals surface area contributed by atoms with Gasteiger partial charge in [-0.15, -0.1) is 0 Å². The van der Waals surface area contributed by atoms with Crippen molar-refractivity contribution in [3.05, 3.63) is 119 Å². The van der Waals surface area contributed by atoms with E-state index in [-0.39, 0.29) is 34.7 Å². The first-order chi connectivity index (χ1) is 27.6. The summed E-state index contributed by atoms with van der Waals surface area (Å²) >= 11 is 0. The van der Waals surface area contributed by atoms with Crippen LogP contribution in [0.3, 0.4) is 0 Å². The van der Waals surface area contributed by atoms with Crippen molar-refractivity contribution in [3.63, 3.8) is 0 Å². The van der Waals surface area contributed by atoms with Crippen molar-refractivity contribution >= 4 is 47.3 Å². The molecule has 0 aliphatic heterocycles. The SMILES string of the molecule is COc1cc(/C=C/C(=O)Nc2ccccc2C(=O)O)ccc1OC1CCCCC1.COc1ccc(/C=C/C(=O)Nc2ccccc2C(=O)O)cc1OC1CCCC1. The minimum Gasteiger partial charge on any atom is -0.493 e. The van der Waals surface area contributed by atoms with E-state index in [9.17, 15) is 29.4 Å². The van der Waals surface area contributed by atoms with E-state index >= 15 is 0 Å². The van der Waals surface area contributed by atoms with Crippen molar-refractivity contribution in [1.29, 1.82) is 0 Å². The maximum Gasteiger partial charge on any atom is 0.337 e. The summed E-state index contributed by atoms with van der Waals surface area (Å²) in [4.78, 5) is 46.9. The molecular formula is C45H48N2O10. The summed E-state index contributed by atoms with van der Waals surface area (Å²) < 4.78 is 23.0. The van der Waals surface area contributed by atoms with Crippen LogP contribution in [0.5, 0.6) is 23.0 Å². The first-order valence-corrected chi connectivity index (χ1v) is 19.0. The van der Waals surface area contributed by atoms with E-state index < -0.39 is 23.8 Å². The van der Waals surface area contributed by atoms with Crippen LogP contribution in [0, 0.1) is 0 Å². The zero-order valence-electron chi connectivity index (χ0n) is 32.1. The smallest absolute Gasteiger partial charge is 0.337 e. The zero-order chi connectivity index (χ0) is 40.6. The largest absolute Gasteiger partial charge is 0.493 e. The number of benzene rings is 4. The van der Waals surface area contributed by atoms with Gasteiger partial charge in [0.15, 0.2) is 23.0 Å². The van der Waals surface area contributed by atoms with Crippen molar-refractivity contribution in [2.24, 2.45) is 0 Å². The van der Waals surface area contributed by atoms with Gasteiger partial charge in [0.1, 0.15) is 0 Å². The molecule has 2 saturated carbocycles. The number of hydrogen-bond acceptors (Lipinski definition) is 8. The summed E-state index contributed by atoms with van der Waals surface area (Å²) in [7, 11) is 3.19. The van der Waals surface area contributed by atoms with Gasteiger partial charge in [-0.25, -0.2) is 9.59 Å². The quantitative estimate of drug-likeness (QED) is 0.0906. The lowest BCUT2D eigenvalue weighted by molar-refractivity contribution is -0.112. The number of hydrogen-bond donors (Lipinski definition) is 4. The van der Waals surface area contributed by atoms with Crippen molar-refractivity contribution in [2.75, 3.05) is 24.9 Å². The molecule has 0 heterocycles. The van der Waals surface area contributed by atoms with Gasteiger partial charge in [-0.05, 0) is 123 Å². The van der Waals surface area contributed by atoms with Gasteiger partial charge in [0, 0.05) is 12.2 Å². The van der Waals surface area contributed by atoms with Gasteiger partial charge in [-0.1, -0.05) is 42.8 Å². The van der Waals surface area contributed by atoms with Gasteiger partial charge >= 0.3 is 11.9 Å². The number of carbonyl (C=O) groups excluding carboxylic acids is 2. The molecule has 0 spiro atoms. The number of ether oxygens (including phenoxy) is 4. The van der Waals surface area contributed by atoms with Crippen LogP contribution in [0.15, 0.2) is 97.1 Å². The first kappa shape index (κ1) is 41.6. The topological polar surface area (TPSA) is 170 Å². The van der Waals surface area contributed by atoms with Crippen LogP contribution >= 0.6 is 0 Å². The highest BCUT2D eigenvalue weighted by Gasteiger charge is 2.19. The maximum absolute atomic E-state index is 12.2. The Morgan fingerprint density at radius 2 is 0.965 bits per heavy atom. The second-order valence-corrected chi connectivity index (χ2v) is 13.6. The summed E-state index contributed by atoms with van der Waals surface area (Å²) in [5, 5.41) is 23.6. The summed E-state index contributed by atoms with van der Waals surface area (Å²) in [5.74, 6) is -0.377. The zero-order valence-corrected chi connectivity index (χ0v) is 32.1. The van der Waals surface area contributed by atoms with E-state index in [2.05, 4.69) is 10.6 Å². The van der Waals surface area contributed by atoms with Crippen molar-refractivity contribution in [1.82, 2.24) is 0 Å². The molecule has 2 amide bonds. The van der Waals surface area contributed by atoms with Gasteiger partial charge < -0.3 is 39.8 Å². The Morgan fingerprint density at radius 1 is 0.544 bits per heavy atom. The standard InChI is InChI=1S/C23H25NO5.C22H23NO5/c1-28-21-15-16(11-13-20(21)29-17-7-3-2-4-8-17)12-14-22(25)24-19-10-6-5-9-18(19)23(26)27;1-27-19-12-10-15(14-20(19)28-16-6-2-3-7-16)11-13-21(24)23-18-9-5-4-8-17(18)22(25)26/h5-6,9-15,17H,2-4,7-8H2,1H3,(H,24,25)(H,26,27);4-5,8-14,16H,2-3,6-7H2,1H3,(H,23,24)(H,25,26)/b14-12+;13-11+. The van der Waals surface area contributed by atoms with Crippen LogP contribution in [0.25, 0.3) is 12.2 Å². The number of methoxy groups -OCH3 is 2. The summed E-state index contributed by atoms with van der Waals surface area (Å²) in [5.41, 5.74) is 2.16. The van der Waals surface area contributed by atoms with Crippen LogP contribution in [-0.4, -0.2) is 60.4 Å². The molecule has 2 fully saturated rings. The molecule has 12 heteroatoms. The fourth-order valence-corrected chi connectivity index (χ4v) is 6.57. The van der Waals surface area contributed by atoms with E-state index in [1.54, 1.807) is 62.8 Å². The summed E-state index contributed by atoms with van der Waals surface area (Å²) in [6, 6.07) is 23.5. The number of carbonyl (C=O) groups is 4. The third kappa shape index (κ3) is 12.5. The van der Waals surface area contributed by atoms with Crippen LogP contribution in [-0.2, 0) is 9.59 Å². The Bertz CT molecular complexity index is 2080. The normalized spacial score (nSPS) is 14.4. The Hall–Kier alpha value is -6.56. The van der Waals surface area contributed by atoms with E-state index in [1.807, 2.05) is 36.4 Å². The van der Waals surface area contributed by atoms with Gasteiger partial charge in [0.2, 0.25) is 11.8 Å². The average molecular weight is 777 g/mol. The average Bonchev–Trinajstić information content (AvgIpc) is 3.74. The van der Waals surface area contributed by atoms with Crippen LogP contribution in [0.2, 0.25) is 0 Å². The molecule has 4 aromatic rings. The van der Waals surface area contributed by atoms with Gasteiger partial charge in [-0.3, -0.25) is 9.59 Å². The van der Waals surface area contributed by atoms with Crippen molar-refractivity contribution in [3.8, 4) is 23.0 Å². The Labute approximate surface area is 332 Å². The van der Waals surface area contributed by atoms with E-state index in [0.717, 1.165) is 36.8 Å². The highest BCUT2D eigenvalue weighted by Crippen LogP contribution is 2.34.